The van der Waals surface area contributed by atoms with Crippen LogP contribution in [-0.2, 0) is 53.7 Å². The number of aliphatic carboxylic acids is 1. The van der Waals surface area contributed by atoms with E-state index in [0.717, 1.165) is 0 Å². The highest BCUT2D eigenvalue weighted by Gasteiger charge is 2.45. The molecule has 23 heteroatoms. The van der Waals surface area contributed by atoms with Crippen LogP contribution in [0.1, 0.15) is 0 Å². The predicted molar refractivity (Wildman–Crippen MR) is 103 cm³/mol. The van der Waals surface area contributed by atoms with E-state index >= 15 is 0 Å². The molecule has 206 valence electrons. The van der Waals surface area contributed by atoms with E-state index in [1.54, 1.807) is 0 Å². The van der Waals surface area contributed by atoms with Gasteiger partial charge >= 0.3 is 37.1 Å². The molecule has 0 saturated heterocycles. The molecule has 0 aliphatic carbocycles. The van der Waals surface area contributed by atoms with Crippen LogP contribution >= 0.6 is 0 Å². The molecule has 0 aromatic rings. The lowest BCUT2D eigenvalue weighted by Gasteiger charge is -2.38. The van der Waals surface area contributed by atoms with Crippen LogP contribution in [0, 0.1) is 0 Å². The summed E-state index contributed by atoms with van der Waals surface area (Å²) in [6.07, 6.45) is -14.0. The average Bonchev–Trinajstić information content (AvgIpc) is 2.67. The van der Waals surface area contributed by atoms with Gasteiger partial charge in [0.05, 0.1) is 19.3 Å². The van der Waals surface area contributed by atoms with Crippen molar-refractivity contribution in [2.24, 2.45) is 0 Å². The van der Waals surface area contributed by atoms with Gasteiger partial charge in [-0.2, -0.15) is 30.0 Å². The standard InChI is InChI=1S/C12H21NO19S3/c14-2-4(13-33(20,21)22)8(17)9(6(16)3-29-34(23,24)25)31-12-10(32-35(26,27)28)5(15)1-7(30-12)11(18)19/h1,4-6,8-10,12-17H,2-3H2,(H,18,19)(H,20,21,22)(H,23,24,25)(H,26,27,28)/t4-,5-,6+,8+,9+,10+,12-/m0/s1. The average molecular weight is 579 g/mol. The molecule has 7 atom stereocenters. The first-order chi connectivity index (χ1) is 15.7. The van der Waals surface area contributed by atoms with E-state index in [4.69, 9.17) is 28.2 Å². The molecule has 0 saturated carbocycles. The van der Waals surface area contributed by atoms with E-state index in [9.17, 15) is 50.5 Å². The van der Waals surface area contributed by atoms with Crippen molar-refractivity contribution in [3.05, 3.63) is 11.8 Å². The predicted octanol–water partition coefficient (Wildman–Crippen LogP) is -5.46. The zero-order valence-corrected chi connectivity index (χ0v) is 19.3. The van der Waals surface area contributed by atoms with Crippen molar-refractivity contribution in [1.82, 2.24) is 4.72 Å². The Hall–Kier alpha value is -1.58. The maximum atomic E-state index is 11.2. The minimum atomic E-state index is -5.40. The maximum absolute atomic E-state index is 11.2. The number of carboxylic acid groups (broad SMARTS) is 1. The first kappa shape index (κ1) is 31.4. The Morgan fingerprint density at radius 2 is 1.66 bits per heavy atom. The molecule has 0 amide bonds. The number of aliphatic hydroxyl groups is 4. The summed E-state index contributed by atoms with van der Waals surface area (Å²) in [7, 11) is -15.8. The highest BCUT2D eigenvalue weighted by Crippen LogP contribution is 2.26. The number of ether oxygens (including phenoxy) is 2. The van der Waals surface area contributed by atoms with Gasteiger partial charge in [-0.3, -0.25) is 13.7 Å². The number of rotatable bonds is 14. The Morgan fingerprint density at radius 3 is 2.09 bits per heavy atom. The lowest BCUT2D eigenvalue weighted by molar-refractivity contribution is -0.252. The van der Waals surface area contributed by atoms with Crippen molar-refractivity contribution in [2.75, 3.05) is 13.2 Å². The van der Waals surface area contributed by atoms with Crippen molar-refractivity contribution >= 4 is 37.1 Å². The summed E-state index contributed by atoms with van der Waals surface area (Å²) in [4.78, 5) is 11.2. The molecule has 0 fully saturated rings. The Morgan fingerprint density at radius 1 is 1.09 bits per heavy atom. The summed E-state index contributed by atoms with van der Waals surface area (Å²) in [6.45, 7) is -2.78. The van der Waals surface area contributed by atoms with E-state index in [1.807, 2.05) is 0 Å². The van der Waals surface area contributed by atoms with Gasteiger partial charge in [-0.15, -0.1) is 0 Å². The number of carboxylic acids is 1. The number of carbonyl (C=O) groups is 1. The summed E-state index contributed by atoms with van der Waals surface area (Å²) >= 11 is 0. The third kappa shape index (κ3) is 10.9. The number of hydrogen-bond acceptors (Lipinski definition) is 15. The number of nitrogens with one attached hydrogen (secondary N) is 1. The van der Waals surface area contributed by atoms with Crippen LogP contribution in [0.15, 0.2) is 11.8 Å². The number of hydrogen-bond donors (Lipinski definition) is 9. The highest BCUT2D eigenvalue weighted by atomic mass is 32.3. The molecule has 9 N–H and O–H groups in total. The smallest absolute Gasteiger partial charge is 0.397 e. The Labute approximate surface area is 197 Å². The van der Waals surface area contributed by atoms with Gasteiger partial charge in [-0.05, 0) is 6.08 Å². The second kappa shape index (κ2) is 12.1. The minimum Gasteiger partial charge on any atom is -0.475 e. The van der Waals surface area contributed by atoms with Gasteiger partial charge in [0, 0.05) is 0 Å². The molecule has 1 rings (SSSR count). The van der Waals surface area contributed by atoms with Crippen molar-refractivity contribution in [3.8, 4) is 0 Å². The molecular weight excluding hydrogens is 558 g/mol. The maximum Gasteiger partial charge on any atom is 0.397 e. The summed E-state index contributed by atoms with van der Waals surface area (Å²) in [5, 5.41) is 49.0. The molecule has 35 heavy (non-hydrogen) atoms. The molecule has 0 unspecified atom stereocenters. The van der Waals surface area contributed by atoms with E-state index in [1.165, 1.54) is 4.72 Å². The fraction of sp³-hybridized carbons (Fsp3) is 0.750. The molecule has 0 radical (unpaired) electrons. The van der Waals surface area contributed by atoms with Crippen molar-refractivity contribution in [1.29, 1.82) is 0 Å². The highest BCUT2D eigenvalue weighted by molar-refractivity contribution is 7.83. The third-order valence-electron chi connectivity index (χ3n) is 3.92. The SMILES string of the molecule is O=C(O)C1=C[C@H](O)[C@@H](OS(=O)(=O)O)[C@H](O[C@@H]([C@H](O)[C@H](CO)NS(=O)(=O)O)[C@H](O)COS(=O)(=O)O)O1. The lowest BCUT2D eigenvalue weighted by atomic mass is 10.0. The van der Waals surface area contributed by atoms with Gasteiger partial charge in [0.15, 0.2) is 6.10 Å². The molecule has 1 aliphatic rings. The molecular formula is C12H21NO19S3. The molecule has 1 aliphatic heterocycles. The Kier molecular flexibility index (Phi) is 10.9. The monoisotopic (exact) mass is 579 g/mol. The van der Waals surface area contributed by atoms with Gasteiger partial charge in [0.2, 0.25) is 12.0 Å². The topological polar surface area (TPSA) is 330 Å². The first-order valence-electron chi connectivity index (χ1n) is 8.68. The quantitative estimate of drug-likeness (QED) is 0.0866. The van der Waals surface area contributed by atoms with Crippen molar-refractivity contribution < 1.29 is 87.1 Å². The summed E-state index contributed by atoms with van der Waals surface area (Å²) in [6, 6.07) is -2.14. The first-order valence-corrected chi connectivity index (χ1v) is 12.9. The summed E-state index contributed by atoms with van der Waals surface area (Å²) in [5.41, 5.74) is 0. The molecule has 1 heterocycles. The minimum absolute atomic E-state index is 0.401. The van der Waals surface area contributed by atoms with Crippen LogP contribution in [0.5, 0.6) is 0 Å². The fourth-order valence-corrected chi connectivity index (χ4v) is 3.94. The van der Waals surface area contributed by atoms with E-state index < -0.39 is 98.9 Å². The van der Waals surface area contributed by atoms with Crippen molar-refractivity contribution in [3.63, 3.8) is 0 Å². The molecule has 0 aromatic heterocycles. The zero-order valence-electron chi connectivity index (χ0n) is 16.8. The zero-order chi connectivity index (χ0) is 27.4. The van der Waals surface area contributed by atoms with Gasteiger partial charge < -0.3 is 35.0 Å². The van der Waals surface area contributed by atoms with Crippen LogP contribution in [-0.4, -0.2) is 126 Å². The third-order valence-corrected chi connectivity index (χ3v) is 5.42. The van der Waals surface area contributed by atoms with Crippen LogP contribution in [0.4, 0.5) is 0 Å². The lowest BCUT2D eigenvalue weighted by Crippen LogP contribution is -2.58. The summed E-state index contributed by atoms with van der Waals surface area (Å²) in [5.74, 6) is -2.97. The van der Waals surface area contributed by atoms with Gasteiger partial charge in [0.25, 0.3) is 0 Å². The van der Waals surface area contributed by atoms with Crippen LogP contribution < -0.4 is 4.72 Å². The van der Waals surface area contributed by atoms with Gasteiger partial charge in [-0.1, -0.05) is 0 Å². The normalized spacial score (nSPS) is 25.1. The molecule has 0 bridgehead atoms. The van der Waals surface area contributed by atoms with Crippen LogP contribution in [0.3, 0.4) is 0 Å². The Balaban J connectivity index is 3.42. The molecule has 0 spiro atoms. The van der Waals surface area contributed by atoms with E-state index in [-0.39, 0.29) is 0 Å². The van der Waals surface area contributed by atoms with Gasteiger partial charge in [-0.25, -0.2) is 13.2 Å². The fourth-order valence-electron chi connectivity index (χ4n) is 2.55. The second-order valence-electron chi connectivity index (χ2n) is 6.55. The Bertz CT molecular complexity index is 1080. The molecule has 20 nitrogen and oxygen atoms in total. The summed E-state index contributed by atoms with van der Waals surface area (Å²) < 4.78 is 111. The number of aliphatic hydroxyl groups excluding tert-OH is 4. The van der Waals surface area contributed by atoms with E-state index in [2.05, 4.69) is 8.37 Å². The largest absolute Gasteiger partial charge is 0.475 e. The van der Waals surface area contributed by atoms with E-state index in [0.29, 0.717) is 6.08 Å². The second-order valence-corrected chi connectivity index (χ2v) is 9.88. The van der Waals surface area contributed by atoms with Crippen LogP contribution in [0.2, 0.25) is 0 Å². The molecule has 0 aromatic carbocycles. The van der Waals surface area contributed by atoms with Crippen LogP contribution in [0.25, 0.3) is 0 Å². The van der Waals surface area contributed by atoms with Crippen molar-refractivity contribution in [2.45, 2.75) is 42.9 Å². The van der Waals surface area contributed by atoms with Gasteiger partial charge in [0.1, 0.15) is 24.4 Å².